The molecule has 0 aliphatic carbocycles. The van der Waals surface area contributed by atoms with Gasteiger partial charge in [0, 0.05) is 19.5 Å². The molecule has 0 saturated carbocycles. The molecule has 0 spiro atoms. The van der Waals surface area contributed by atoms with Crippen molar-refractivity contribution in [3.05, 3.63) is 48.4 Å². The van der Waals surface area contributed by atoms with E-state index in [0.29, 0.717) is 11.8 Å². The second-order valence-electron chi connectivity index (χ2n) is 5.43. The van der Waals surface area contributed by atoms with Crippen LogP contribution in [-0.4, -0.2) is 13.3 Å². The van der Waals surface area contributed by atoms with E-state index in [1.807, 2.05) is 27.0 Å². The maximum atomic E-state index is 3.86. The molecule has 0 aromatic heterocycles. The van der Waals surface area contributed by atoms with Gasteiger partial charge in [-0.25, -0.2) is 0 Å². The standard InChI is InChI=1S/C10H19N.C9H15N.C2H6/c1-5-6-7-9(2)10(3)8-11-4;1-5-10-7-6-9(4)8(2)3;1-2/h5-6,8-9,11H,7H2,1-4H3;5-8H,1H2,2-4H3;1-2H3/b6-5?,10-8-;9-6-,10-7?;. The first kappa shape index (κ1) is 26.3. The van der Waals surface area contributed by atoms with Gasteiger partial charge in [0.15, 0.2) is 0 Å². The van der Waals surface area contributed by atoms with Crippen molar-refractivity contribution in [1.29, 1.82) is 0 Å². The summed E-state index contributed by atoms with van der Waals surface area (Å²) in [6.45, 7) is 20.3. The molecule has 0 amide bonds. The van der Waals surface area contributed by atoms with Gasteiger partial charge in [-0.15, -0.1) is 0 Å². The van der Waals surface area contributed by atoms with E-state index >= 15 is 0 Å². The average molecular weight is 321 g/mol. The first-order valence-electron chi connectivity index (χ1n) is 8.66. The predicted octanol–water partition coefficient (Wildman–Crippen LogP) is 6.54. The Morgan fingerprint density at radius 2 is 1.70 bits per heavy atom. The van der Waals surface area contributed by atoms with Crippen LogP contribution in [0.5, 0.6) is 0 Å². The number of hydrogen-bond acceptors (Lipinski definition) is 2. The van der Waals surface area contributed by atoms with Crippen LogP contribution in [0.25, 0.3) is 0 Å². The summed E-state index contributed by atoms with van der Waals surface area (Å²) in [5.41, 5.74) is 2.75. The minimum Gasteiger partial charge on any atom is -0.394 e. The number of hydrogen-bond donors (Lipinski definition) is 1. The first-order chi connectivity index (χ1) is 10.9. The highest BCUT2D eigenvalue weighted by Gasteiger charge is 1.99. The second kappa shape index (κ2) is 20.4. The van der Waals surface area contributed by atoms with E-state index < -0.39 is 0 Å². The fourth-order valence-electron chi connectivity index (χ4n) is 1.31. The number of nitrogens with zero attached hydrogens (tertiary/aromatic N) is 1. The number of allylic oxidation sites excluding steroid dienone is 5. The summed E-state index contributed by atoms with van der Waals surface area (Å²) in [6.07, 6.45) is 12.8. The Bertz CT molecular complexity index is 371. The van der Waals surface area contributed by atoms with Crippen LogP contribution in [0, 0.1) is 11.8 Å². The highest BCUT2D eigenvalue weighted by Crippen LogP contribution is 2.13. The van der Waals surface area contributed by atoms with Crippen LogP contribution >= 0.6 is 0 Å². The summed E-state index contributed by atoms with van der Waals surface area (Å²) in [4.78, 5) is 3.86. The molecule has 0 rings (SSSR count). The largest absolute Gasteiger partial charge is 0.394 e. The van der Waals surface area contributed by atoms with E-state index in [9.17, 15) is 0 Å². The third-order valence-electron chi connectivity index (χ3n) is 3.31. The Balaban J connectivity index is -0.000000315. The molecule has 0 radical (unpaired) electrons. The minimum atomic E-state index is 0.608. The second-order valence-corrected chi connectivity index (χ2v) is 5.43. The van der Waals surface area contributed by atoms with Gasteiger partial charge >= 0.3 is 0 Å². The van der Waals surface area contributed by atoms with E-state index in [2.05, 4.69) is 76.8 Å². The third-order valence-corrected chi connectivity index (χ3v) is 3.31. The van der Waals surface area contributed by atoms with Crippen LogP contribution in [0.4, 0.5) is 0 Å². The summed E-state index contributed by atoms with van der Waals surface area (Å²) in [7, 11) is 1.94. The van der Waals surface area contributed by atoms with Gasteiger partial charge in [-0.2, -0.15) is 0 Å². The van der Waals surface area contributed by atoms with E-state index in [1.54, 1.807) is 6.21 Å². The lowest BCUT2D eigenvalue weighted by atomic mass is 10.00. The molecule has 1 unspecified atom stereocenters. The summed E-state index contributed by atoms with van der Waals surface area (Å²) >= 11 is 0. The van der Waals surface area contributed by atoms with Gasteiger partial charge in [-0.05, 0) is 51.3 Å². The lowest BCUT2D eigenvalue weighted by Gasteiger charge is -2.08. The number of aliphatic imine (C=N–C) groups is 1. The lowest BCUT2D eigenvalue weighted by Crippen LogP contribution is -2.01. The highest BCUT2D eigenvalue weighted by molar-refractivity contribution is 5.72. The molecule has 0 heterocycles. The molecule has 0 bridgehead atoms. The van der Waals surface area contributed by atoms with Crippen molar-refractivity contribution in [1.82, 2.24) is 5.32 Å². The van der Waals surface area contributed by atoms with Crippen molar-refractivity contribution in [3.8, 4) is 0 Å². The Labute approximate surface area is 146 Å². The zero-order valence-electron chi connectivity index (χ0n) is 17.0. The van der Waals surface area contributed by atoms with E-state index in [1.165, 1.54) is 17.3 Å². The molecule has 0 aliphatic rings. The topological polar surface area (TPSA) is 24.4 Å². The predicted molar refractivity (Wildman–Crippen MR) is 110 cm³/mol. The van der Waals surface area contributed by atoms with Gasteiger partial charge in [0.2, 0.25) is 0 Å². The molecule has 0 aromatic carbocycles. The van der Waals surface area contributed by atoms with Gasteiger partial charge in [-0.3, -0.25) is 4.99 Å². The quantitative estimate of drug-likeness (QED) is 0.418. The number of nitrogens with one attached hydrogen (secondary N) is 1. The molecule has 0 saturated heterocycles. The first-order valence-corrected chi connectivity index (χ1v) is 8.66. The van der Waals surface area contributed by atoms with Gasteiger partial charge in [-0.1, -0.05) is 64.5 Å². The van der Waals surface area contributed by atoms with Crippen molar-refractivity contribution < 1.29 is 0 Å². The highest BCUT2D eigenvalue weighted by atomic mass is 14.8. The van der Waals surface area contributed by atoms with E-state index in [-0.39, 0.29) is 0 Å². The maximum absolute atomic E-state index is 3.86. The fraction of sp³-hybridized carbons (Fsp3) is 0.571. The van der Waals surface area contributed by atoms with Crippen molar-refractivity contribution in [3.63, 3.8) is 0 Å². The average Bonchev–Trinajstić information content (AvgIpc) is 2.55. The Kier molecular flexibility index (Phi) is 23.4. The number of rotatable bonds is 7. The SMILES string of the molecule is C=CN=C/C=C(/C)C(C)C.CC.CC=CCC(C)/C(C)=C\NC. The molecule has 1 atom stereocenters. The van der Waals surface area contributed by atoms with Crippen LogP contribution in [0.15, 0.2) is 53.3 Å². The molecule has 0 aromatic rings. The van der Waals surface area contributed by atoms with Crippen molar-refractivity contribution in [2.75, 3.05) is 7.05 Å². The monoisotopic (exact) mass is 320 g/mol. The molecule has 1 N–H and O–H groups in total. The molecule has 23 heavy (non-hydrogen) atoms. The van der Waals surface area contributed by atoms with Gasteiger partial charge in [0.25, 0.3) is 0 Å². The minimum absolute atomic E-state index is 0.608. The molecular formula is C21H40N2. The molecule has 0 fully saturated rings. The van der Waals surface area contributed by atoms with E-state index in [4.69, 9.17) is 0 Å². The van der Waals surface area contributed by atoms with Gasteiger partial charge in [0.05, 0.1) is 0 Å². The van der Waals surface area contributed by atoms with Gasteiger partial charge in [0.1, 0.15) is 0 Å². The molecule has 2 nitrogen and oxygen atoms in total. The summed E-state index contributed by atoms with van der Waals surface area (Å²) in [5.74, 6) is 1.26. The van der Waals surface area contributed by atoms with Crippen LogP contribution in [0.1, 0.15) is 61.8 Å². The molecule has 0 aliphatic heterocycles. The zero-order valence-corrected chi connectivity index (χ0v) is 17.0. The fourth-order valence-corrected chi connectivity index (χ4v) is 1.31. The van der Waals surface area contributed by atoms with Crippen LogP contribution in [0.2, 0.25) is 0 Å². The molecule has 2 heteroatoms. The molecule has 134 valence electrons. The normalized spacial score (nSPS) is 13.3. The summed E-state index contributed by atoms with van der Waals surface area (Å²) in [6, 6.07) is 0. The van der Waals surface area contributed by atoms with E-state index in [0.717, 1.165) is 6.42 Å². The van der Waals surface area contributed by atoms with Crippen LogP contribution in [-0.2, 0) is 0 Å². The van der Waals surface area contributed by atoms with Crippen LogP contribution in [0.3, 0.4) is 0 Å². The third kappa shape index (κ3) is 20.4. The zero-order chi connectivity index (χ0) is 18.7. The lowest BCUT2D eigenvalue weighted by molar-refractivity contribution is 0.687. The Morgan fingerprint density at radius 3 is 2.09 bits per heavy atom. The Morgan fingerprint density at radius 1 is 1.13 bits per heavy atom. The van der Waals surface area contributed by atoms with Crippen molar-refractivity contribution >= 4 is 6.21 Å². The van der Waals surface area contributed by atoms with Gasteiger partial charge < -0.3 is 5.32 Å². The Hall–Kier alpha value is -1.57. The van der Waals surface area contributed by atoms with Crippen LogP contribution < -0.4 is 5.32 Å². The summed E-state index contributed by atoms with van der Waals surface area (Å²) < 4.78 is 0. The molecular weight excluding hydrogens is 280 g/mol. The van der Waals surface area contributed by atoms with Crippen molar-refractivity contribution in [2.45, 2.75) is 61.8 Å². The summed E-state index contributed by atoms with van der Waals surface area (Å²) in [5, 5.41) is 3.04. The maximum Gasteiger partial charge on any atom is 0.0267 e. The smallest absolute Gasteiger partial charge is 0.0267 e. The van der Waals surface area contributed by atoms with Crippen molar-refractivity contribution in [2.24, 2.45) is 16.8 Å².